The lowest BCUT2D eigenvalue weighted by Crippen LogP contribution is -2.44. The normalized spacial score (nSPS) is 16.8. The summed E-state index contributed by atoms with van der Waals surface area (Å²) in [6, 6.07) is 7.60. The number of rotatable bonds is 7. The molecule has 40 heavy (non-hydrogen) atoms. The average molecular weight is 610 g/mol. The zero-order valence-electron chi connectivity index (χ0n) is 21.9. The van der Waals surface area contributed by atoms with Crippen molar-refractivity contribution in [3.8, 4) is 16.9 Å². The zero-order chi connectivity index (χ0) is 28.6. The van der Waals surface area contributed by atoms with Crippen LogP contribution < -0.4 is 10.1 Å². The monoisotopic (exact) mass is 609 g/mol. The molecule has 11 nitrogen and oxygen atoms in total. The molecule has 206 valence electrons. The number of methoxy groups -OCH3 is 1. The first kappa shape index (κ1) is 27.3. The molecule has 4 heterocycles. The number of aryl methyl sites for hydroxylation is 1. The van der Waals surface area contributed by atoms with Crippen LogP contribution in [0.2, 0.25) is 0 Å². The van der Waals surface area contributed by atoms with E-state index in [2.05, 4.69) is 41.3 Å². The van der Waals surface area contributed by atoms with Gasteiger partial charge in [0, 0.05) is 36.7 Å². The van der Waals surface area contributed by atoms with Gasteiger partial charge in [0.1, 0.15) is 34.9 Å². The van der Waals surface area contributed by atoms with Crippen LogP contribution in [0.4, 0.5) is 10.2 Å². The number of anilines is 1. The third-order valence-electron chi connectivity index (χ3n) is 6.64. The van der Waals surface area contributed by atoms with E-state index in [0.29, 0.717) is 27.1 Å². The van der Waals surface area contributed by atoms with Gasteiger partial charge >= 0.3 is 0 Å². The number of ether oxygens (including phenoxy) is 1. The molecule has 1 aromatic carbocycles. The molecule has 1 aliphatic rings. The number of fused-ring (bicyclic) bond motifs is 1. The van der Waals surface area contributed by atoms with E-state index in [1.807, 2.05) is 6.07 Å². The highest BCUT2D eigenvalue weighted by molar-refractivity contribution is 9.10. The Morgan fingerprint density at radius 2 is 1.90 bits per heavy atom. The van der Waals surface area contributed by atoms with Gasteiger partial charge in [-0.1, -0.05) is 6.07 Å². The molecular formula is C27H25BrFN7O4. The maximum atomic E-state index is 14.5. The van der Waals surface area contributed by atoms with Crippen molar-refractivity contribution < 1.29 is 23.5 Å². The first-order chi connectivity index (χ1) is 19.1. The predicted octanol–water partition coefficient (Wildman–Crippen LogP) is 3.75. The molecule has 2 atom stereocenters. The number of pyridine rings is 1. The number of alkyl halides is 1. The number of likely N-dealkylation sites (tertiary alicyclic amines) is 1. The van der Waals surface area contributed by atoms with E-state index in [0.717, 1.165) is 11.1 Å². The number of carbonyl (C=O) groups excluding carboxylic acids is 3. The Kier molecular flexibility index (Phi) is 7.57. The lowest BCUT2D eigenvalue weighted by Gasteiger charge is -2.24. The highest BCUT2D eigenvalue weighted by Crippen LogP contribution is 2.29. The highest BCUT2D eigenvalue weighted by atomic mass is 79.9. The molecule has 1 N–H and O–H groups in total. The molecule has 5 rings (SSSR count). The number of aromatic nitrogens is 5. The van der Waals surface area contributed by atoms with Gasteiger partial charge in [-0.2, -0.15) is 5.10 Å². The molecule has 0 aliphatic carbocycles. The lowest BCUT2D eigenvalue weighted by atomic mass is 10.0. The van der Waals surface area contributed by atoms with Crippen LogP contribution in [0.5, 0.6) is 5.75 Å². The molecular weight excluding hydrogens is 585 g/mol. The fourth-order valence-corrected chi connectivity index (χ4v) is 5.00. The summed E-state index contributed by atoms with van der Waals surface area (Å²) < 4.78 is 21.6. The van der Waals surface area contributed by atoms with Gasteiger partial charge < -0.3 is 15.0 Å². The topological polar surface area (TPSA) is 132 Å². The number of nitrogens with one attached hydrogen (secondary N) is 1. The van der Waals surface area contributed by atoms with Crippen molar-refractivity contribution >= 4 is 50.2 Å². The standard InChI is InChI=1S/C27H25BrFN7O4/c1-14(37)25-19-8-16(17-10-30-15(2)31-11-17)4-5-20(19)36(34-25)13-24(38)35-12-18(29)9-21(35)27(39)33-26-22(40-3)6-7-23(28)32-26/h4-8,10-11,18,21H,9,12-13H2,1-3H3,(H,32,33,39)/t18-,21+/m1/s1. The Hall–Kier alpha value is -4.26. The van der Waals surface area contributed by atoms with Crippen molar-refractivity contribution in [2.24, 2.45) is 0 Å². The second-order valence-electron chi connectivity index (χ2n) is 9.38. The first-order valence-corrected chi connectivity index (χ1v) is 13.2. The van der Waals surface area contributed by atoms with Gasteiger partial charge in [-0.15, -0.1) is 0 Å². The van der Waals surface area contributed by atoms with E-state index in [-0.39, 0.29) is 36.8 Å². The minimum atomic E-state index is -1.38. The SMILES string of the molecule is COc1ccc(Br)nc1NC(=O)[C@@H]1C[C@@H](F)CN1C(=O)Cn1nc(C(C)=O)c2cc(-c3cnc(C)nc3)ccc21. The van der Waals surface area contributed by atoms with Gasteiger partial charge in [0.05, 0.1) is 19.2 Å². The third-order valence-corrected chi connectivity index (χ3v) is 7.08. The van der Waals surface area contributed by atoms with Crippen LogP contribution in [0.25, 0.3) is 22.0 Å². The van der Waals surface area contributed by atoms with E-state index < -0.39 is 24.0 Å². The summed E-state index contributed by atoms with van der Waals surface area (Å²) in [5, 5.41) is 7.61. The van der Waals surface area contributed by atoms with Crippen molar-refractivity contribution in [2.45, 2.75) is 39.0 Å². The summed E-state index contributed by atoms with van der Waals surface area (Å²) in [7, 11) is 1.44. The van der Waals surface area contributed by atoms with Crippen LogP contribution in [0.1, 0.15) is 29.7 Å². The van der Waals surface area contributed by atoms with E-state index in [4.69, 9.17) is 4.74 Å². The molecule has 1 fully saturated rings. The molecule has 0 saturated carbocycles. The van der Waals surface area contributed by atoms with E-state index in [9.17, 15) is 18.8 Å². The van der Waals surface area contributed by atoms with Crippen molar-refractivity contribution in [1.29, 1.82) is 0 Å². The van der Waals surface area contributed by atoms with Crippen molar-refractivity contribution in [1.82, 2.24) is 29.6 Å². The fourth-order valence-electron chi connectivity index (χ4n) is 4.69. The lowest BCUT2D eigenvalue weighted by molar-refractivity contribution is -0.137. The van der Waals surface area contributed by atoms with Crippen LogP contribution in [0, 0.1) is 6.92 Å². The van der Waals surface area contributed by atoms with Crippen LogP contribution in [-0.2, 0) is 16.1 Å². The molecule has 0 spiro atoms. The third kappa shape index (κ3) is 5.41. The number of carbonyl (C=O) groups is 3. The largest absolute Gasteiger partial charge is 0.493 e. The summed E-state index contributed by atoms with van der Waals surface area (Å²) in [6.45, 7) is 2.66. The Balaban J connectivity index is 1.41. The second-order valence-corrected chi connectivity index (χ2v) is 10.2. The first-order valence-electron chi connectivity index (χ1n) is 12.4. The number of amides is 2. The maximum absolute atomic E-state index is 14.5. The van der Waals surface area contributed by atoms with Crippen molar-refractivity contribution in [2.75, 3.05) is 19.0 Å². The number of ketones is 1. The summed E-state index contributed by atoms with van der Waals surface area (Å²) in [6.07, 6.45) is 1.85. The number of nitrogens with zero attached hydrogens (tertiary/aromatic N) is 6. The van der Waals surface area contributed by atoms with Crippen molar-refractivity contribution in [3.63, 3.8) is 0 Å². The van der Waals surface area contributed by atoms with Crippen LogP contribution >= 0.6 is 15.9 Å². The molecule has 0 unspecified atom stereocenters. The summed E-state index contributed by atoms with van der Waals surface area (Å²) >= 11 is 3.25. The number of halogens is 2. The molecule has 0 bridgehead atoms. The Labute approximate surface area is 236 Å². The number of benzene rings is 1. The fraction of sp³-hybridized carbons (Fsp3) is 0.296. The second kappa shape index (κ2) is 11.1. The van der Waals surface area contributed by atoms with Crippen molar-refractivity contribution in [3.05, 3.63) is 58.8 Å². The molecule has 1 aliphatic heterocycles. The molecule has 1 saturated heterocycles. The molecule has 0 radical (unpaired) electrons. The van der Waals surface area contributed by atoms with Gasteiger partial charge in [0.25, 0.3) is 0 Å². The van der Waals surface area contributed by atoms with E-state index >= 15 is 0 Å². The Bertz CT molecular complexity index is 1630. The Morgan fingerprint density at radius 3 is 2.60 bits per heavy atom. The number of hydrogen-bond acceptors (Lipinski definition) is 8. The quantitative estimate of drug-likeness (QED) is 0.247. The average Bonchev–Trinajstić information content (AvgIpc) is 3.50. The van der Waals surface area contributed by atoms with Gasteiger partial charge in [-0.25, -0.2) is 19.3 Å². The number of Topliss-reactive ketones (excluding diaryl/α,β-unsaturated/α-hetero) is 1. The van der Waals surface area contributed by atoms with Gasteiger partial charge in [0.2, 0.25) is 11.8 Å². The minimum Gasteiger partial charge on any atom is -0.493 e. The molecule has 13 heteroatoms. The molecule has 4 aromatic rings. The van der Waals surface area contributed by atoms with Gasteiger partial charge in [-0.05, 0) is 52.7 Å². The number of hydrogen-bond donors (Lipinski definition) is 1. The maximum Gasteiger partial charge on any atom is 0.248 e. The summed E-state index contributed by atoms with van der Waals surface area (Å²) in [4.78, 5) is 52.8. The van der Waals surface area contributed by atoms with Crippen LogP contribution in [-0.4, -0.2) is 73.1 Å². The highest BCUT2D eigenvalue weighted by Gasteiger charge is 2.40. The van der Waals surface area contributed by atoms with E-state index in [1.54, 1.807) is 43.6 Å². The van der Waals surface area contributed by atoms with Gasteiger partial charge in [-0.3, -0.25) is 19.1 Å². The smallest absolute Gasteiger partial charge is 0.248 e. The Morgan fingerprint density at radius 1 is 1.15 bits per heavy atom. The minimum absolute atomic E-state index is 0.149. The predicted molar refractivity (Wildman–Crippen MR) is 148 cm³/mol. The van der Waals surface area contributed by atoms with E-state index in [1.165, 1.54) is 23.6 Å². The summed E-state index contributed by atoms with van der Waals surface area (Å²) in [5.41, 5.74) is 2.30. The van der Waals surface area contributed by atoms with Crippen LogP contribution in [0.3, 0.4) is 0 Å². The molecule has 3 aromatic heterocycles. The molecule has 2 amide bonds. The summed E-state index contributed by atoms with van der Waals surface area (Å²) in [5.74, 6) is -0.263. The zero-order valence-corrected chi connectivity index (χ0v) is 23.5. The van der Waals surface area contributed by atoms with Crippen LogP contribution in [0.15, 0.2) is 47.3 Å². The van der Waals surface area contributed by atoms with Gasteiger partial charge in [0.15, 0.2) is 17.4 Å².